The first kappa shape index (κ1) is 9.70. The molecule has 2 aromatic rings. The van der Waals surface area contributed by atoms with Gasteiger partial charge >= 0.3 is 0 Å². The van der Waals surface area contributed by atoms with Crippen molar-refractivity contribution in [2.45, 2.75) is 13.5 Å². The topological polar surface area (TPSA) is 14.2 Å². The van der Waals surface area contributed by atoms with Crippen molar-refractivity contribution in [3.63, 3.8) is 0 Å². The van der Waals surface area contributed by atoms with Crippen LogP contribution in [0.4, 0.5) is 0 Å². The van der Waals surface area contributed by atoms with Gasteiger partial charge in [0, 0.05) is 33.1 Å². The maximum atomic E-state index is 4.99. The molecule has 3 heteroatoms. The third-order valence-electron chi connectivity index (χ3n) is 2.48. The first-order valence-electron chi connectivity index (χ1n) is 4.69. The van der Waals surface area contributed by atoms with Crippen LogP contribution >= 0.6 is 9.47 Å². The van der Waals surface area contributed by atoms with E-state index in [4.69, 9.17) is 4.52 Å². The first-order valence-corrected chi connectivity index (χ1v) is 5.16. The van der Waals surface area contributed by atoms with Crippen LogP contribution in [-0.2, 0) is 11.1 Å². The van der Waals surface area contributed by atoms with Crippen LogP contribution in [0.2, 0.25) is 0 Å². The van der Waals surface area contributed by atoms with Gasteiger partial charge in [0.25, 0.3) is 0 Å². The summed E-state index contributed by atoms with van der Waals surface area (Å²) in [5.41, 5.74) is 2.61. The lowest BCUT2D eigenvalue weighted by molar-refractivity contribution is 0.349. The maximum Gasteiger partial charge on any atom is 0.0681 e. The lowest BCUT2D eigenvalue weighted by Gasteiger charge is -2.04. The molecular formula is C11H14NOP. The predicted octanol–water partition coefficient (Wildman–Crippen LogP) is 2.76. The van der Waals surface area contributed by atoms with Gasteiger partial charge in [-0.25, -0.2) is 0 Å². The Balaban J connectivity index is 2.42. The number of nitrogens with zero attached hydrogens (tertiary/aromatic N) is 1. The highest BCUT2D eigenvalue weighted by Gasteiger charge is 2.01. The van der Waals surface area contributed by atoms with Gasteiger partial charge in [0.05, 0.1) is 6.61 Å². The number of hydrogen-bond donors (Lipinski definition) is 0. The fourth-order valence-corrected chi connectivity index (χ4v) is 1.83. The van der Waals surface area contributed by atoms with E-state index in [9.17, 15) is 0 Å². The molecule has 1 unspecified atom stereocenters. The minimum Gasteiger partial charge on any atom is -0.364 e. The summed E-state index contributed by atoms with van der Waals surface area (Å²) >= 11 is 0. The molecule has 0 aliphatic heterocycles. The van der Waals surface area contributed by atoms with E-state index in [-0.39, 0.29) is 0 Å². The molecule has 1 aromatic heterocycles. The number of rotatable bonds is 3. The number of hydrogen-bond acceptors (Lipinski definition) is 1. The molecular weight excluding hydrogens is 193 g/mol. The monoisotopic (exact) mass is 207 g/mol. The smallest absolute Gasteiger partial charge is 0.0681 e. The van der Waals surface area contributed by atoms with E-state index in [0.29, 0.717) is 0 Å². The minimum absolute atomic E-state index is 0.725. The number of fused-ring (bicyclic) bond motifs is 1. The van der Waals surface area contributed by atoms with Crippen LogP contribution in [0.5, 0.6) is 0 Å². The Kier molecular flexibility index (Phi) is 2.85. The Labute approximate surface area is 86.2 Å². The van der Waals surface area contributed by atoms with Crippen LogP contribution in [0.3, 0.4) is 0 Å². The van der Waals surface area contributed by atoms with Gasteiger partial charge in [-0.1, -0.05) is 12.1 Å². The van der Waals surface area contributed by atoms with Crippen LogP contribution in [0, 0.1) is 6.92 Å². The van der Waals surface area contributed by atoms with Crippen molar-refractivity contribution in [1.82, 2.24) is 4.57 Å². The Bertz CT molecular complexity index is 436. The van der Waals surface area contributed by atoms with Crippen molar-refractivity contribution in [2.75, 3.05) is 6.61 Å². The lowest BCUT2D eigenvalue weighted by Crippen LogP contribution is -2.00. The van der Waals surface area contributed by atoms with Crippen molar-refractivity contribution in [1.29, 1.82) is 0 Å². The van der Waals surface area contributed by atoms with Gasteiger partial charge in [-0.05, 0) is 24.6 Å². The van der Waals surface area contributed by atoms with Gasteiger partial charge in [-0.2, -0.15) is 0 Å². The van der Waals surface area contributed by atoms with Gasteiger partial charge in [0.1, 0.15) is 0 Å². The van der Waals surface area contributed by atoms with Crippen molar-refractivity contribution < 1.29 is 4.52 Å². The molecule has 0 saturated carbocycles. The fourth-order valence-electron chi connectivity index (χ4n) is 1.72. The summed E-state index contributed by atoms with van der Waals surface area (Å²) in [6.07, 6.45) is 2.11. The third-order valence-corrected chi connectivity index (χ3v) is 2.72. The van der Waals surface area contributed by atoms with Gasteiger partial charge in [-0.15, -0.1) is 0 Å². The quantitative estimate of drug-likeness (QED) is 0.706. The Hall–Kier alpha value is -0.850. The Morgan fingerprint density at radius 3 is 3.00 bits per heavy atom. The summed E-state index contributed by atoms with van der Waals surface area (Å²) in [6.45, 7) is 3.76. The second kappa shape index (κ2) is 4.12. The fraction of sp³-hybridized carbons (Fsp3) is 0.273. The summed E-state index contributed by atoms with van der Waals surface area (Å²) in [7, 11) is 2.28. The molecule has 14 heavy (non-hydrogen) atoms. The molecule has 1 heterocycles. The van der Waals surface area contributed by atoms with Gasteiger partial charge < -0.3 is 9.09 Å². The zero-order chi connectivity index (χ0) is 9.97. The highest BCUT2D eigenvalue weighted by atomic mass is 31.0. The lowest BCUT2D eigenvalue weighted by atomic mass is 10.1. The molecule has 0 aliphatic carbocycles. The van der Waals surface area contributed by atoms with E-state index in [0.717, 1.165) is 13.2 Å². The molecule has 1 atom stereocenters. The first-order chi connectivity index (χ1) is 6.83. The number of aromatic nitrogens is 1. The molecule has 2 rings (SSSR count). The number of aryl methyl sites for hydroxylation is 1. The second-order valence-corrected chi connectivity index (χ2v) is 3.72. The second-order valence-electron chi connectivity index (χ2n) is 3.39. The van der Waals surface area contributed by atoms with E-state index < -0.39 is 0 Å². The molecule has 0 radical (unpaired) electrons. The molecule has 0 bridgehead atoms. The standard InChI is InChI=1S/C11H14NOP/c1-9-3-2-4-11-10(9)5-6-12(11)7-8-13-14/h2-6H,7-8,14H2,1H3. The molecule has 0 N–H and O–H groups in total. The molecule has 2 nitrogen and oxygen atoms in total. The largest absolute Gasteiger partial charge is 0.364 e. The van der Waals surface area contributed by atoms with Crippen LogP contribution in [0.1, 0.15) is 5.56 Å². The van der Waals surface area contributed by atoms with Gasteiger partial charge in [-0.3, -0.25) is 0 Å². The average Bonchev–Trinajstić information content (AvgIpc) is 2.60. The van der Waals surface area contributed by atoms with Gasteiger partial charge in [0.2, 0.25) is 0 Å². The SMILES string of the molecule is Cc1cccc2c1ccn2CCOP. The molecule has 0 amide bonds. The summed E-state index contributed by atoms with van der Waals surface area (Å²) in [4.78, 5) is 0. The van der Waals surface area contributed by atoms with E-state index in [2.05, 4.69) is 51.4 Å². The molecule has 74 valence electrons. The van der Waals surface area contributed by atoms with E-state index >= 15 is 0 Å². The number of benzene rings is 1. The zero-order valence-corrected chi connectivity index (χ0v) is 9.39. The summed E-state index contributed by atoms with van der Waals surface area (Å²) in [5.74, 6) is 0. The summed E-state index contributed by atoms with van der Waals surface area (Å²) in [6, 6.07) is 8.53. The minimum atomic E-state index is 0.725. The van der Waals surface area contributed by atoms with Gasteiger partial charge in [0.15, 0.2) is 0 Å². The highest BCUT2D eigenvalue weighted by Crippen LogP contribution is 2.19. The average molecular weight is 207 g/mol. The van der Waals surface area contributed by atoms with Crippen molar-refractivity contribution in [3.8, 4) is 0 Å². The molecule has 0 saturated heterocycles. The molecule has 0 fully saturated rings. The third kappa shape index (κ3) is 1.68. The maximum absolute atomic E-state index is 4.99. The van der Waals surface area contributed by atoms with Crippen LogP contribution in [-0.4, -0.2) is 11.2 Å². The predicted molar refractivity (Wildman–Crippen MR) is 62.3 cm³/mol. The van der Waals surface area contributed by atoms with Crippen molar-refractivity contribution in [3.05, 3.63) is 36.0 Å². The Morgan fingerprint density at radius 1 is 1.36 bits per heavy atom. The van der Waals surface area contributed by atoms with E-state index in [1.54, 1.807) is 0 Å². The molecule has 0 spiro atoms. The van der Waals surface area contributed by atoms with E-state index in [1.165, 1.54) is 16.5 Å². The van der Waals surface area contributed by atoms with Crippen LogP contribution in [0.15, 0.2) is 30.5 Å². The molecule has 0 aliphatic rings. The highest BCUT2D eigenvalue weighted by molar-refractivity contribution is 7.09. The van der Waals surface area contributed by atoms with Crippen LogP contribution < -0.4 is 0 Å². The summed E-state index contributed by atoms with van der Waals surface area (Å²) < 4.78 is 7.20. The zero-order valence-electron chi connectivity index (χ0n) is 8.23. The Morgan fingerprint density at radius 2 is 2.21 bits per heavy atom. The van der Waals surface area contributed by atoms with Crippen molar-refractivity contribution >= 4 is 20.4 Å². The normalized spacial score (nSPS) is 11.0. The molecule has 1 aromatic carbocycles. The van der Waals surface area contributed by atoms with E-state index in [1.807, 2.05) is 0 Å². The summed E-state index contributed by atoms with van der Waals surface area (Å²) in [5, 5.41) is 1.33. The van der Waals surface area contributed by atoms with Crippen molar-refractivity contribution in [2.24, 2.45) is 0 Å². The van der Waals surface area contributed by atoms with Crippen LogP contribution in [0.25, 0.3) is 10.9 Å².